The van der Waals surface area contributed by atoms with Crippen LogP contribution in [0.4, 0.5) is 0 Å². The van der Waals surface area contributed by atoms with Crippen LogP contribution in [0.3, 0.4) is 0 Å². The number of amides is 1. The molecule has 0 heterocycles. The largest absolute Gasteiger partial charge is 0.352 e. The molecule has 1 rings (SSSR count). The van der Waals surface area contributed by atoms with Crippen LogP contribution in [0.2, 0.25) is 0 Å². The summed E-state index contributed by atoms with van der Waals surface area (Å²) in [4.78, 5) is 24.9. The van der Waals surface area contributed by atoms with Crippen LogP contribution in [0.1, 0.15) is 126 Å². The fraction of sp³-hybridized carbons (Fsp3) is 0.657. The smallest absolute Gasteiger partial charge is 0.223 e. The second kappa shape index (κ2) is 25.9. The first-order valence-corrected chi connectivity index (χ1v) is 16.3. The molecule has 0 aliphatic heterocycles. The number of hydrogen-bond donors (Lipinski definition) is 2. The molecule has 0 radical (unpaired) electrons. The van der Waals surface area contributed by atoms with Crippen LogP contribution in [0.5, 0.6) is 0 Å². The molecule has 0 aliphatic carbocycles. The first kappa shape index (κ1) is 42.4. The quantitative estimate of drug-likeness (QED) is 0.244. The second-order valence-corrected chi connectivity index (χ2v) is 11.7. The lowest BCUT2D eigenvalue weighted by molar-refractivity contribution is -0.125. The number of nitrogens with one attached hydrogen (secondary N) is 2. The van der Waals surface area contributed by atoms with E-state index in [4.69, 9.17) is 6.42 Å². The molecule has 2 N–H and O–H groups in total. The summed E-state index contributed by atoms with van der Waals surface area (Å²) in [7, 11) is 1.85. The lowest BCUT2D eigenvalue weighted by Crippen LogP contribution is -2.44. The molecular weight excluding hydrogens is 512 g/mol. The summed E-state index contributed by atoms with van der Waals surface area (Å²) < 4.78 is 0. The Balaban J connectivity index is -0.000000638. The van der Waals surface area contributed by atoms with E-state index in [9.17, 15) is 9.59 Å². The number of thioether (sulfide) groups is 1. The van der Waals surface area contributed by atoms with Gasteiger partial charge in [0.05, 0.1) is 6.04 Å². The van der Waals surface area contributed by atoms with Gasteiger partial charge >= 0.3 is 0 Å². The molecule has 2 atom stereocenters. The van der Waals surface area contributed by atoms with E-state index in [2.05, 4.69) is 88.6 Å². The number of carbonyl (C=O) groups excluding carboxylic acids is 2. The minimum absolute atomic E-state index is 0.00236. The highest BCUT2D eigenvalue weighted by Gasteiger charge is 2.28. The summed E-state index contributed by atoms with van der Waals surface area (Å²) in [6.07, 6.45) is 12.6. The number of Topliss-reactive ketones (excluding diaryl/α,β-unsaturated/α-hetero) is 1. The van der Waals surface area contributed by atoms with Crippen LogP contribution < -0.4 is 10.6 Å². The van der Waals surface area contributed by atoms with E-state index in [0.717, 1.165) is 37.7 Å². The number of carbonyl (C=O) groups is 2. The van der Waals surface area contributed by atoms with Crippen LogP contribution in [0, 0.1) is 23.7 Å². The van der Waals surface area contributed by atoms with Gasteiger partial charge in [0.2, 0.25) is 5.91 Å². The number of benzene rings is 1. The van der Waals surface area contributed by atoms with Crippen LogP contribution in [-0.4, -0.2) is 31.0 Å². The van der Waals surface area contributed by atoms with Crippen molar-refractivity contribution < 1.29 is 9.59 Å². The number of rotatable bonds is 12. The van der Waals surface area contributed by atoms with Gasteiger partial charge in [-0.05, 0) is 56.5 Å². The Hall–Kier alpha value is -2.03. The Labute approximate surface area is 253 Å². The van der Waals surface area contributed by atoms with Crippen LogP contribution in [-0.2, 0) is 16.1 Å². The van der Waals surface area contributed by atoms with E-state index < -0.39 is 0 Å². The van der Waals surface area contributed by atoms with Crippen molar-refractivity contribution in [2.45, 2.75) is 127 Å². The molecule has 1 aromatic rings. The Morgan fingerprint density at radius 3 is 1.90 bits per heavy atom. The molecule has 0 bridgehead atoms. The highest BCUT2D eigenvalue weighted by Crippen LogP contribution is 2.28. The predicted octanol–water partition coefficient (Wildman–Crippen LogP) is 9.29. The van der Waals surface area contributed by atoms with Gasteiger partial charge in [-0.2, -0.15) is 0 Å². The van der Waals surface area contributed by atoms with Gasteiger partial charge in [-0.3, -0.25) is 9.59 Å². The fourth-order valence-corrected chi connectivity index (χ4v) is 4.64. The minimum atomic E-state index is -0.00236. The maximum Gasteiger partial charge on any atom is 0.223 e. The van der Waals surface area contributed by atoms with Gasteiger partial charge in [0, 0.05) is 30.2 Å². The first-order valence-electron chi connectivity index (χ1n) is 15.1. The predicted molar refractivity (Wildman–Crippen MR) is 181 cm³/mol. The Morgan fingerprint density at radius 1 is 1.02 bits per heavy atom. The van der Waals surface area contributed by atoms with Gasteiger partial charge in [0.25, 0.3) is 0 Å². The third-order valence-electron chi connectivity index (χ3n) is 5.96. The van der Waals surface area contributed by atoms with Gasteiger partial charge < -0.3 is 10.6 Å². The number of terminal acetylenes is 1. The van der Waals surface area contributed by atoms with E-state index in [1.807, 2.05) is 41.7 Å². The third-order valence-corrected chi connectivity index (χ3v) is 7.01. The Bertz CT molecular complexity index is 857. The molecule has 1 amide bonds. The SMILES string of the molecule is C#CCC.CC.CCCC(=O)C(NC)C(C)(C)C.CCCCC(C)C(=O)NCc1ccc(C(SC)=C(C)C)cc1. The highest BCUT2D eigenvalue weighted by atomic mass is 32.2. The van der Waals surface area contributed by atoms with E-state index in [1.165, 1.54) is 16.0 Å². The number of likely N-dealkylation sites (N-methyl/N-ethyl adjacent to an activating group) is 1. The van der Waals surface area contributed by atoms with Crippen molar-refractivity contribution >= 4 is 28.4 Å². The summed E-state index contributed by atoms with van der Waals surface area (Å²) in [5.74, 6) is 3.02. The van der Waals surface area contributed by atoms with Crippen molar-refractivity contribution in [2.24, 2.45) is 11.3 Å². The lowest BCUT2D eigenvalue weighted by atomic mass is 9.83. The maximum absolute atomic E-state index is 12.0. The zero-order valence-electron chi connectivity index (χ0n) is 28.2. The van der Waals surface area contributed by atoms with E-state index in [-0.39, 0.29) is 23.3 Å². The molecule has 0 aliphatic rings. The molecule has 40 heavy (non-hydrogen) atoms. The van der Waals surface area contributed by atoms with Gasteiger partial charge in [-0.15, -0.1) is 24.1 Å². The van der Waals surface area contributed by atoms with E-state index in [1.54, 1.807) is 11.8 Å². The first-order chi connectivity index (χ1) is 18.8. The second-order valence-electron chi connectivity index (χ2n) is 10.9. The zero-order chi connectivity index (χ0) is 31.7. The van der Waals surface area contributed by atoms with Gasteiger partial charge in [-0.25, -0.2) is 0 Å². The number of ketones is 1. The highest BCUT2D eigenvalue weighted by molar-refractivity contribution is 8.07. The van der Waals surface area contributed by atoms with Crippen molar-refractivity contribution in [3.63, 3.8) is 0 Å². The van der Waals surface area contributed by atoms with E-state index in [0.29, 0.717) is 18.7 Å². The molecular formula is C35H62N2O2S. The fourth-order valence-electron chi connectivity index (χ4n) is 3.86. The molecule has 2 unspecified atom stereocenters. The van der Waals surface area contributed by atoms with Crippen molar-refractivity contribution in [1.29, 1.82) is 0 Å². The van der Waals surface area contributed by atoms with Crippen molar-refractivity contribution in [3.8, 4) is 12.3 Å². The number of unbranched alkanes of at least 4 members (excludes halogenated alkanes) is 1. The van der Waals surface area contributed by atoms with Crippen LogP contribution in [0.15, 0.2) is 29.8 Å². The molecule has 4 nitrogen and oxygen atoms in total. The molecule has 5 heteroatoms. The summed E-state index contributed by atoms with van der Waals surface area (Å²) in [6, 6.07) is 8.48. The summed E-state index contributed by atoms with van der Waals surface area (Å²) in [6.45, 7) is 23.3. The Kier molecular flexibility index (Phi) is 27.5. The zero-order valence-corrected chi connectivity index (χ0v) is 29.0. The average Bonchev–Trinajstić information content (AvgIpc) is 2.92. The standard InChI is InChI=1S/C19H29NOS.C10H21NO.C4H6.C2H6/c1-6-7-8-15(4)19(21)20-13-16-9-11-17(12-10-16)18(22-5)14(2)3;1-6-7-8(12)9(11-5)10(2,3)4;1-3-4-2;1-2/h9-12,15H,6-8,13H2,1-5H3,(H,20,21);9,11H,6-7H2,1-5H3;1H,4H2,2H3;1-2H3. The van der Waals surface area contributed by atoms with Crippen LogP contribution in [0.25, 0.3) is 4.91 Å². The summed E-state index contributed by atoms with van der Waals surface area (Å²) in [5.41, 5.74) is 3.76. The molecule has 0 spiro atoms. The maximum atomic E-state index is 12.0. The average molecular weight is 575 g/mol. The van der Waals surface area contributed by atoms with Gasteiger partial charge in [0.15, 0.2) is 0 Å². The topological polar surface area (TPSA) is 58.2 Å². The molecule has 0 fully saturated rings. The van der Waals surface area contributed by atoms with E-state index >= 15 is 0 Å². The monoisotopic (exact) mass is 574 g/mol. The summed E-state index contributed by atoms with van der Waals surface area (Å²) >= 11 is 1.78. The number of allylic oxidation sites excluding steroid dienone is 1. The van der Waals surface area contributed by atoms with Crippen molar-refractivity contribution in [1.82, 2.24) is 10.6 Å². The lowest BCUT2D eigenvalue weighted by Gasteiger charge is -2.28. The normalized spacial score (nSPS) is 11.5. The number of hydrogen-bond acceptors (Lipinski definition) is 4. The van der Waals surface area contributed by atoms with Crippen molar-refractivity contribution in [2.75, 3.05) is 13.3 Å². The molecule has 0 aromatic heterocycles. The minimum Gasteiger partial charge on any atom is -0.352 e. The van der Waals surface area contributed by atoms with Crippen LogP contribution >= 0.6 is 11.8 Å². The molecule has 0 saturated carbocycles. The molecule has 1 aromatic carbocycles. The molecule has 0 saturated heterocycles. The third kappa shape index (κ3) is 19.9. The summed E-state index contributed by atoms with van der Waals surface area (Å²) in [5, 5.41) is 6.11. The molecule has 230 valence electrons. The van der Waals surface area contributed by atoms with Crippen molar-refractivity contribution in [3.05, 3.63) is 41.0 Å². The Morgan fingerprint density at radius 2 is 1.55 bits per heavy atom. The van der Waals surface area contributed by atoms with Gasteiger partial charge in [-0.1, -0.05) is 105 Å². The van der Waals surface area contributed by atoms with Gasteiger partial charge in [0.1, 0.15) is 5.78 Å².